The monoisotopic (exact) mass is 422 g/mol. The lowest BCUT2D eigenvalue weighted by Gasteiger charge is -2.34. The molecule has 0 spiro atoms. The van der Waals surface area contributed by atoms with Crippen LogP contribution in [0.3, 0.4) is 0 Å². The minimum atomic E-state index is -0.655. The fraction of sp³-hybridized carbons (Fsp3) is 0.348. The summed E-state index contributed by atoms with van der Waals surface area (Å²) in [6.07, 6.45) is 1.60. The number of hydrogen-bond acceptors (Lipinski definition) is 4. The number of nitrogens with one attached hydrogen (secondary N) is 3. The Morgan fingerprint density at radius 3 is 2.68 bits per heavy atom. The molecule has 162 valence electrons. The Labute approximate surface area is 180 Å². The van der Waals surface area contributed by atoms with E-state index in [4.69, 9.17) is 0 Å². The van der Waals surface area contributed by atoms with Gasteiger partial charge in [-0.05, 0) is 48.2 Å². The molecular weight excluding hydrogens is 396 g/mol. The highest BCUT2D eigenvalue weighted by Gasteiger charge is 2.46. The highest BCUT2D eigenvalue weighted by molar-refractivity contribution is 5.98. The molecule has 0 bridgehead atoms. The number of fused-ring (bicyclic) bond motifs is 1. The van der Waals surface area contributed by atoms with Crippen molar-refractivity contribution in [3.63, 3.8) is 0 Å². The van der Waals surface area contributed by atoms with E-state index < -0.39 is 12.1 Å². The predicted octanol–water partition coefficient (Wildman–Crippen LogP) is 1.79. The molecule has 0 saturated carbocycles. The molecule has 2 aromatic carbocycles. The number of hydrogen-bond donors (Lipinski definition) is 4. The van der Waals surface area contributed by atoms with Gasteiger partial charge in [-0.25, -0.2) is 4.79 Å². The molecule has 3 atom stereocenters. The van der Waals surface area contributed by atoms with Crippen LogP contribution in [0.25, 0.3) is 0 Å². The number of phenols is 1. The molecule has 8 heteroatoms. The summed E-state index contributed by atoms with van der Waals surface area (Å²) in [5.74, 6) is -0.210. The lowest BCUT2D eigenvalue weighted by atomic mass is 10.0. The summed E-state index contributed by atoms with van der Waals surface area (Å²) in [5, 5.41) is 17.9. The van der Waals surface area contributed by atoms with E-state index in [1.807, 2.05) is 31.2 Å². The SMILES string of the molecule is CCc1cccc(NC(=O)N[C@H]2C[C@H]3C(=O)N[C@H](Cc4ccc(O)cc4)C(=O)N3C2)c1. The number of rotatable bonds is 5. The molecule has 4 N–H and O–H groups in total. The average molecular weight is 422 g/mol. The zero-order chi connectivity index (χ0) is 22.0. The lowest BCUT2D eigenvalue weighted by Crippen LogP contribution is -2.61. The van der Waals surface area contributed by atoms with Gasteiger partial charge in [0.2, 0.25) is 11.8 Å². The first kappa shape index (κ1) is 20.7. The molecule has 4 amide bonds. The Morgan fingerprint density at radius 2 is 1.94 bits per heavy atom. The smallest absolute Gasteiger partial charge is 0.319 e. The lowest BCUT2D eigenvalue weighted by molar-refractivity contribution is -0.147. The zero-order valence-electron chi connectivity index (χ0n) is 17.3. The third-order valence-corrected chi connectivity index (χ3v) is 5.81. The molecule has 2 saturated heterocycles. The van der Waals surface area contributed by atoms with Crippen LogP contribution in [-0.2, 0) is 22.4 Å². The van der Waals surface area contributed by atoms with Crippen LogP contribution in [0.4, 0.5) is 10.5 Å². The van der Waals surface area contributed by atoms with Gasteiger partial charge in [0, 0.05) is 18.7 Å². The Morgan fingerprint density at radius 1 is 1.16 bits per heavy atom. The van der Waals surface area contributed by atoms with Gasteiger partial charge in [0.1, 0.15) is 17.8 Å². The number of amides is 4. The number of anilines is 1. The van der Waals surface area contributed by atoms with Gasteiger partial charge in [-0.3, -0.25) is 9.59 Å². The van der Waals surface area contributed by atoms with Crippen molar-refractivity contribution in [3.8, 4) is 5.75 Å². The number of benzene rings is 2. The molecule has 0 aromatic heterocycles. The van der Waals surface area contributed by atoms with Crippen molar-refractivity contribution >= 4 is 23.5 Å². The minimum absolute atomic E-state index is 0.149. The molecule has 8 nitrogen and oxygen atoms in total. The van der Waals surface area contributed by atoms with E-state index in [1.165, 1.54) is 0 Å². The first-order valence-electron chi connectivity index (χ1n) is 10.5. The standard InChI is InChI=1S/C23H26N4O4/c1-2-14-4-3-5-16(10-14)24-23(31)25-17-12-20-21(29)26-19(22(30)27(20)13-17)11-15-6-8-18(28)9-7-15/h3-10,17,19-20,28H,2,11-13H2,1H3,(H,26,29)(H2,24,25,31)/t17-,19+,20-/m0/s1. The molecule has 2 fully saturated rings. The van der Waals surface area contributed by atoms with Crippen LogP contribution in [-0.4, -0.2) is 52.5 Å². The van der Waals surface area contributed by atoms with E-state index in [1.54, 1.807) is 29.2 Å². The van der Waals surface area contributed by atoms with Crippen molar-refractivity contribution < 1.29 is 19.5 Å². The van der Waals surface area contributed by atoms with Crippen molar-refractivity contribution in [1.82, 2.24) is 15.5 Å². The van der Waals surface area contributed by atoms with Gasteiger partial charge in [0.05, 0.1) is 6.04 Å². The minimum Gasteiger partial charge on any atom is -0.508 e. The van der Waals surface area contributed by atoms with E-state index in [9.17, 15) is 19.5 Å². The van der Waals surface area contributed by atoms with Crippen molar-refractivity contribution in [2.45, 2.75) is 44.3 Å². The van der Waals surface area contributed by atoms with Gasteiger partial charge in [-0.15, -0.1) is 0 Å². The van der Waals surface area contributed by atoms with Crippen LogP contribution in [0, 0.1) is 0 Å². The van der Waals surface area contributed by atoms with E-state index in [2.05, 4.69) is 16.0 Å². The quantitative estimate of drug-likeness (QED) is 0.589. The molecule has 0 aliphatic carbocycles. The maximum atomic E-state index is 13.0. The van der Waals surface area contributed by atoms with Crippen molar-refractivity contribution in [2.75, 3.05) is 11.9 Å². The van der Waals surface area contributed by atoms with Gasteiger partial charge in [-0.1, -0.05) is 31.2 Å². The molecule has 2 aliphatic rings. The number of aryl methyl sites for hydroxylation is 1. The number of phenolic OH excluding ortho intramolecular Hbond substituents is 1. The van der Waals surface area contributed by atoms with Crippen LogP contribution in [0.5, 0.6) is 5.75 Å². The topological polar surface area (TPSA) is 111 Å². The average Bonchev–Trinajstić information content (AvgIpc) is 3.18. The number of aromatic hydroxyl groups is 1. The summed E-state index contributed by atoms with van der Waals surface area (Å²) in [5.41, 5.74) is 2.67. The number of urea groups is 1. The number of carbonyl (C=O) groups is 3. The van der Waals surface area contributed by atoms with Crippen LogP contribution >= 0.6 is 0 Å². The molecule has 0 unspecified atom stereocenters. The van der Waals surface area contributed by atoms with Crippen molar-refractivity contribution in [2.24, 2.45) is 0 Å². The van der Waals surface area contributed by atoms with E-state index in [0.717, 1.165) is 17.5 Å². The van der Waals surface area contributed by atoms with Crippen LogP contribution in [0.15, 0.2) is 48.5 Å². The highest BCUT2D eigenvalue weighted by atomic mass is 16.3. The Balaban J connectivity index is 1.36. The van der Waals surface area contributed by atoms with Crippen LogP contribution in [0.1, 0.15) is 24.5 Å². The van der Waals surface area contributed by atoms with E-state index >= 15 is 0 Å². The predicted molar refractivity (Wildman–Crippen MR) is 116 cm³/mol. The maximum absolute atomic E-state index is 13.0. The van der Waals surface area contributed by atoms with Gasteiger partial charge in [0.15, 0.2) is 0 Å². The fourth-order valence-corrected chi connectivity index (χ4v) is 4.19. The molecule has 2 aliphatic heterocycles. The second-order valence-corrected chi connectivity index (χ2v) is 8.02. The second-order valence-electron chi connectivity index (χ2n) is 8.02. The molecule has 31 heavy (non-hydrogen) atoms. The van der Waals surface area contributed by atoms with E-state index in [0.29, 0.717) is 25.1 Å². The summed E-state index contributed by atoms with van der Waals surface area (Å²) < 4.78 is 0. The van der Waals surface area contributed by atoms with Crippen molar-refractivity contribution in [1.29, 1.82) is 0 Å². The third kappa shape index (κ3) is 4.63. The highest BCUT2D eigenvalue weighted by Crippen LogP contribution is 2.24. The van der Waals surface area contributed by atoms with Gasteiger partial charge < -0.3 is 26.0 Å². The van der Waals surface area contributed by atoms with Crippen LogP contribution < -0.4 is 16.0 Å². The third-order valence-electron chi connectivity index (χ3n) is 5.81. The summed E-state index contributed by atoms with van der Waals surface area (Å²) in [7, 11) is 0. The number of nitrogens with zero attached hydrogens (tertiary/aromatic N) is 1. The summed E-state index contributed by atoms with van der Waals surface area (Å²) in [6.45, 7) is 2.34. The van der Waals surface area contributed by atoms with Gasteiger partial charge in [-0.2, -0.15) is 0 Å². The molecule has 2 heterocycles. The van der Waals surface area contributed by atoms with Crippen LogP contribution in [0.2, 0.25) is 0 Å². The first-order valence-corrected chi connectivity index (χ1v) is 10.5. The fourth-order valence-electron chi connectivity index (χ4n) is 4.19. The second kappa shape index (κ2) is 8.67. The van der Waals surface area contributed by atoms with E-state index in [-0.39, 0.29) is 29.6 Å². The summed E-state index contributed by atoms with van der Waals surface area (Å²) in [4.78, 5) is 39.5. The molecular formula is C23H26N4O4. The summed E-state index contributed by atoms with van der Waals surface area (Å²) >= 11 is 0. The largest absolute Gasteiger partial charge is 0.508 e. The molecule has 2 aromatic rings. The normalized spacial score (nSPS) is 22.6. The summed E-state index contributed by atoms with van der Waals surface area (Å²) in [6, 6.07) is 12.3. The number of piperazine rings is 1. The van der Waals surface area contributed by atoms with Gasteiger partial charge >= 0.3 is 6.03 Å². The molecule has 0 radical (unpaired) electrons. The van der Waals surface area contributed by atoms with Crippen molar-refractivity contribution in [3.05, 3.63) is 59.7 Å². The Hall–Kier alpha value is -3.55. The zero-order valence-corrected chi connectivity index (χ0v) is 17.3. The maximum Gasteiger partial charge on any atom is 0.319 e. The number of carbonyl (C=O) groups excluding carboxylic acids is 3. The Kier molecular flexibility index (Phi) is 5.79. The molecule has 4 rings (SSSR count). The Bertz CT molecular complexity index is 991. The van der Waals surface area contributed by atoms with Gasteiger partial charge in [0.25, 0.3) is 0 Å². The first-order chi connectivity index (χ1) is 14.9.